The van der Waals surface area contributed by atoms with Crippen molar-refractivity contribution in [3.63, 3.8) is 0 Å². The molecule has 0 spiro atoms. The van der Waals surface area contributed by atoms with Gasteiger partial charge in [0.25, 0.3) is 0 Å². The molecule has 1 aliphatic heterocycles. The number of aldehydes is 2. The van der Waals surface area contributed by atoms with Crippen LogP contribution < -0.4 is 0 Å². The smallest absolute Gasteiger partial charge is 0.150 e. The third kappa shape index (κ3) is 11.0. The maximum atomic E-state index is 10.2. The van der Waals surface area contributed by atoms with Crippen LogP contribution in [0.5, 0.6) is 0 Å². The van der Waals surface area contributed by atoms with Crippen molar-refractivity contribution in [3.05, 3.63) is 35.4 Å². The molecule has 0 aliphatic carbocycles. The van der Waals surface area contributed by atoms with E-state index in [-0.39, 0.29) is 0 Å². The molecule has 6 heteroatoms. The second kappa shape index (κ2) is 14.3. The Morgan fingerprint density at radius 2 is 1.65 bits per heavy atom. The number of hydrogen-bond acceptors (Lipinski definition) is 5. The van der Waals surface area contributed by atoms with Crippen LogP contribution in [-0.2, 0) is 4.74 Å². The summed E-state index contributed by atoms with van der Waals surface area (Å²) in [5.41, 5.74) is 1.06. The molecule has 1 aliphatic rings. The molecule has 1 fully saturated rings. The van der Waals surface area contributed by atoms with E-state index in [0.717, 1.165) is 32.8 Å². The van der Waals surface area contributed by atoms with Gasteiger partial charge in [-0.25, -0.2) is 0 Å². The van der Waals surface area contributed by atoms with Crippen molar-refractivity contribution in [2.24, 2.45) is 0 Å². The predicted molar refractivity (Wildman–Crippen MR) is 94.8 cm³/mol. The van der Waals surface area contributed by atoms with Gasteiger partial charge in [-0.1, -0.05) is 18.2 Å². The first kappa shape index (κ1) is 21.7. The van der Waals surface area contributed by atoms with Crippen molar-refractivity contribution in [2.75, 3.05) is 59.9 Å². The summed E-state index contributed by atoms with van der Waals surface area (Å²) in [6, 6.07) is 6.52. The lowest BCUT2D eigenvalue weighted by atomic mass is 10.2. The molecule has 0 unspecified atom stereocenters. The molecule has 130 valence electrons. The SMILES string of the molecule is CCl.CN(C)CCN1CCOCC1.O=Cc1cccc(C=O)c1. The summed E-state index contributed by atoms with van der Waals surface area (Å²) in [6.07, 6.45) is 2.90. The molecular weight excluding hydrogens is 316 g/mol. The van der Waals surface area contributed by atoms with Gasteiger partial charge in [0.2, 0.25) is 0 Å². The van der Waals surface area contributed by atoms with E-state index in [4.69, 9.17) is 4.74 Å². The number of benzene rings is 1. The van der Waals surface area contributed by atoms with Crippen molar-refractivity contribution in [1.82, 2.24) is 9.80 Å². The Morgan fingerprint density at radius 3 is 2.09 bits per heavy atom. The molecule has 2 rings (SSSR count). The number of carbonyl (C=O) groups is 2. The number of ether oxygens (including phenoxy) is 1. The van der Waals surface area contributed by atoms with Crippen LogP contribution in [0.3, 0.4) is 0 Å². The summed E-state index contributed by atoms with van der Waals surface area (Å²) in [7, 11) is 4.22. The van der Waals surface area contributed by atoms with Crippen molar-refractivity contribution in [2.45, 2.75) is 0 Å². The van der Waals surface area contributed by atoms with E-state index in [1.807, 2.05) is 0 Å². The minimum absolute atomic E-state index is 0.532. The van der Waals surface area contributed by atoms with E-state index in [2.05, 4.69) is 35.5 Å². The van der Waals surface area contributed by atoms with Gasteiger partial charge in [0, 0.05) is 43.7 Å². The summed E-state index contributed by atoms with van der Waals surface area (Å²) >= 11 is 4.64. The van der Waals surface area contributed by atoms with Gasteiger partial charge >= 0.3 is 0 Å². The molecule has 23 heavy (non-hydrogen) atoms. The van der Waals surface area contributed by atoms with Gasteiger partial charge in [-0.2, -0.15) is 0 Å². The van der Waals surface area contributed by atoms with E-state index in [1.54, 1.807) is 24.3 Å². The quantitative estimate of drug-likeness (QED) is 0.605. The molecule has 0 bridgehead atoms. The average Bonchev–Trinajstić information content (AvgIpc) is 2.63. The second-order valence-corrected chi connectivity index (χ2v) is 5.16. The van der Waals surface area contributed by atoms with Crippen molar-refractivity contribution in [3.8, 4) is 0 Å². The van der Waals surface area contributed by atoms with Gasteiger partial charge in [0.1, 0.15) is 12.6 Å². The number of likely N-dealkylation sites (N-methyl/N-ethyl adjacent to an activating group) is 1. The minimum atomic E-state index is 0.532. The number of alkyl halides is 1. The fourth-order valence-electron chi connectivity index (χ4n) is 1.87. The Kier molecular flexibility index (Phi) is 13.5. The summed E-state index contributed by atoms with van der Waals surface area (Å²) in [5, 5.41) is 0. The van der Waals surface area contributed by atoms with E-state index in [1.165, 1.54) is 12.9 Å². The highest BCUT2D eigenvalue weighted by Gasteiger charge is 2.09. The first-order chi connectivity index (χ1) is 11.2. The monoisotopic (exact) mass is 342 g/mol. The first-order valence-electron chi connectivity index (χ1n) is 7.48. The van der Waals surface area contributed by atoms with E-state index in [9.17, 15) is 9.59 Å². The Labute approximate surface area is 144 Å². The second-order valence-electron chi connectivity index (χ2n) is 5.16. The van der Waals surface area contributed by atoms with Crippen molar-refractivity contribution in [1.29, 1.82) is 0 Å². The fourth-order valence-corrected chi connectivity index (χ4v) is 1.87. The highest BCUT2D eigenvalue weighted by atomic mass is 35.5. The predicted octanol–water partition coefficient (Wildman–Crippen LogP) is 2.05. The minimum Gasteiger partial charge on any atom is -0.379 e. The standard InChI is InChI=1S/C8H18N2O.C8H6O2.CH3Cl/c1-9(2)3-4-10-5-7-11-8-6-10;9-5-7-2-1-3-8(4-7)6-10;1-2/h3-8H2,1-2H3;1-6H;1H3. The lowest BCUT2D eigenvalue weighted by Gasteiger charge is -2.27. The number of hydrogen-bond donors (Lipinski definition) is 0. The maximum absolute atomic E-state index is 10.2. The molecule has 0 saturated carbocycles. The summed E-state index contributed by atoms with van der Waals surface area (Å²) in [4.78, 5) is 25.0. The van der Waals surface area contributed by atoms with Gasteiger partial charge in [-0.05, 0) is 20.2 Å². The molecule has 1 saturated heterocycles. The van der Waals surface area contributed by atoms with Crippen LogP contribution in [0.1, 0.15) is 20.7 Å². The molecular formula is C17H27ClN2O3. The number of carbonyl (C=O) groups excluding carboxylic acids is 2. The number of nitrogens with zero attached hydrogens (tertiary/aromatic N) is 2. The number of morpholine rings is 1. The number of halogens is 1. The van der Waals surface area contributed by atoms with Crippen LogP contribution in [0.15, 0.2) is 24.3 Å². The fraction of sp³-hybridized carbons (Fsp3) is 0.529. The molecule has 0 aromatic heterocycles. The topological polar surface area (TPSA) is 49.9 Å². The summed E-state index contributed by atoms with van der Waals surface area (Å²) in [5.74, 6) is 0. The third-order valence-electron chi connectivity index (χ3n) is 3.15. The zero-order valence-electron chi connectivity index (χ0n) is 14.2. The van der Waals surface area contributed by atoms with Crippen LogP contribution in [0.2, 0.25) is 0 Å². The molecule has 0 radical (unpaired) electrons. The zero-order chi connectivity index (χ0) is 17.5. The molecule has 5 nitrogen and oxygen atoms in total. The van der Waals surface area contributed by atoms with Crippen molar-refractivity contribution < 1.29 is 14.3 Å². The van der Waals surface area contributed by atoms with Crippen molar-refractivity contribution >= 4 is 24.2 Å². The van der Waals surface area contributed by atoms with Gasteiger partial charge in [-0.3, -0.25) is 14.5 Å². The van der Waals surface area contributed by atoms with E-state index >= 15 is 0 Å². The largest absolute Gasteiger partial charge is 0.379 e. The summed E-state index contributed by atoms with van der Waals surface area (Å²) < 4.78 is 5.25. The zero-order valence-corrected chi connectivity index (χ0v) is 15.0. The van der Waals surface area contributed by atoms with Gasteiger partial charge in [0.05, 0.1) is 13.2 Å². The first-order valence-corrected chi connectivity index (χ1v) is 8.24. The van der Waals surface area contributed by atoms with Crippen LogP contribution in [0.4, 0.5) is 0 Å². The van der Waals surface area contributed by atoms with Gasteiger partial charge in [-0.15, -0.1) is 11.6 Å². The normalized spacial score (nSPS) is 14.1. The Bertz CT molecular complexity index is 412. The molecule has 0 amide bonds. The molecule has 1 aromatic rings. The highest BCUT2D eigenvalue weighted by Crippen LogP contribution is 1.99. The Morgan fingerprint density at radius 1 is 1.13 bits per heavy atom. The molecule has 1 aromatic carbocycles. The maximum Gasteiger partial charge on any atom is 0.150 e. The van der Waals surface area contributed by atoms with Crippen LogP contribution >= 0.6 is 11.6 Å². The Hall–Kier alpha value is -1.27. The molecule has 1 heterocycles. The lowest BCUT2D eigenvalue weighted by Crippen LogP contribution is -2.40. The van der Waals surface area contributed by atoms with E-state index in [0.29, 0.717) is 23.7 Å². The lowest BCUT2D eigenvalue weighted by molar-refractivity contribution is 0.0354. The van der Waals surface area contributed by atoms with Crippen LogP contribution in [0, 0.1) is 0 Å². The number of rotatable bonds is 5. The van der Waals surface area contributed by atoms with Crippen LogP contribution in [-0.4, -0.2) is 82.2 Å². The van der Waals surface area contributed by atoms with Gasteiger partial charge in [0.15, 0.2) is 0 Å². The molecule has 0 N–H and O–H groups in total. The van der Waals surface area contributed by atoms with Crippen LogP contribution in [0.25, 0.3) is 0 Å². The Balaban J connectivity index is 0.000000381. The van der Waals surface area contributed by atoms with E-state index < -0.39 is 0 Å². The average molecular weight is 343 g/mol. The third-order valence-corrected chi connectivity index (χ3v) is 3.15. The highest BCUT2D eigenvalue weighted by molar-refractivity contribution is 6.15. The molecule has 0 atom stereocenters. The van der Waals surface area contributed by atoms with Gasteiger partial charge < -0.3 is 9.64 Å². The summed E-state index contributed by atoms with van der Waals surface area (Å²) in [6.45, 7) is 6.36.